The molecule has 0 amide bonds. The van der Waals surface area contributed by atoms with Crippen LogP contribution in [0.4, 0.5) is 5.82 Å². The highest BCUT2D eigenvalue weighted by Crippen LogP contribution is 2.23. The lowest BCUT2D eigenvalue weighted by atomic mass is 10.0. The van der Waals surface area contributed by atoms with Gasteiger partial charge in [0.05, 0.1) is 5.39 Å². The van der Waals surface area contributed by atoms with Crippen LogP contribution in [-0.2, 0) is 10.2 Å². The van der Waals surface area contributed by atoms with E-state index in [4.69, 9.17) is 0 Å². The molecule has 0 radical (unpaired) electrons. The Bertz CT molecular complexity index is 761. The van der Waals surface area contributed by atoms with Crippen LogP contribution in [0.5, 0.6) is 0 Å². The zero-order valence-electron chi connectivity index (χ0n) is 13.0. The van der Waals surface area contributed by atoms with Crippen molar-refractivity contribution in [3.63, 3.8) is 0 Å². The summed E-state index contributed by atoms with van der Waals surface area (Å²) < 4.78 is 28.8. The molecule has 9 heteroatoms. The normalized spacial score (nSPS) is 20.0. The molecule has 2 aromatic rings. The number of nitrogens with zero attached hydrogens (tertiary/aromatic N) is 3. The Balaban J connectivity index is 1.52. The summed E-state index contributed by atoms with van der Waals surface area (Å²) in [5.41, 5.74) is 0. The minimum Gasteiger partial charge on any atom is -0.368 e. The molecule has 1 fully saturated rings. The van der Waals surface area contributed by atoms with E-state index in [2.05, 4.69) is 26.9 Å². The Morgan fingerprint density at radius 1 is 1.39 bits per heavy atom. The lowest BCUT2D eigenvalue weighted by Gasteiger charge is -2.29. The third kappa shape index (κ3) is 3.97. The summed E-state index contributed by atoms with van der Waals surface area (Å²) in [5.74, 6) is 1.16. The fourth-order valence-corrected chi connectivity index (χ4v) is 4.84. The van der Waals surface area contributed by atoms with E-state index in [1.807, 2.05) is 11.4 Å². The first kappa shape index (κ1) is 16.6. The van der Waals surface area contributed by atoms with Crippen LogP contribution in [0.25, 0.3) is 10.2 Å². The number of anilines is 1. The summed E-state index contributed by atoms with van der Waals surface area (Å²) in [6.45, 7) is 4.09. The van der Waals surface area contributed by atoms with Crippen molar-refractivity contribution in [2.75, 3.05) is 31.5 Å². The third-order valence-corrected chi connectivity index (χ3v) is 6.32. The first-order valence-electron chi connectivity index (χ1n) is 7.73. The maximum absolute atomic E-state index is 12.3. The van der Waals surface area contributed by atoms with Crippen molar-refractivity contribution in [3.05, 3.63) is 17.8 Å². The van der Waals surface area contributed by atoms with Gasteiger partial charge in [-0.1, -0.05) is 6.92 Å². The van der Waals surface area contributed by atoms with Crippen molar-refractivity contribution in [1.82, 2.24) is 19.0 Å². The minimum absolute atomic E-state index is 0.322. The highest BCUT2D eigenvalue weighted by molar-refractivity contribution is 7.87. The van der Waals surface area contributed by atoms with Gasteiger partial charge in [0.1, 0.15) is 17.0 Å². The van der Waals surface area contributed by atoms with E-state index in [1.165, 1.54) is 6.33 Å². The van der Waals surface area contributed by atoms with Gasteiger partial charge in [0, 0.05) is 26.2 Å². The summed E-state index contributed by atoms with van der Waals surface area (Å²) in [7, 11) is -3.39. The molecule has 0 bridgehead atoms. The molecule has 2 aromatic heterocycles. The van der Waals surface area contributed by atoms with Crippen LogP contribution < -0.4 is 10.0 Å². The molecule has 0 unspecified atom stereocenters. The van der Waals surface area contributed by atoms with Crippen molar-refractivity contribution in [3.8, 4) is 0 Å². The molecule has 2 N–H and O–H groups in total. The lowest BCUT2D eigenvalue weighted by molar-refractivity contribution is 0.278. The maximum Gasteiger partial charge on any atom is 0.279 e. The van der Waals surface area contributed by atoms with Gasteiger partial charge in [0.15, 0.2) is 0 Å². The van der Waals surface area contributed by atoms with Gasteiger partial charge in [-0.3, -0.25) is 0 Å². The Morgan fingerprint density at radius 2 is 2.26 bits per heavy atom. The van der Waals surface area contributed by atoms with Crippen molar-refractivity contribution in [2.45, 2.75) is 19.8 Å². The van der Waals surface area contributed by atoms with Crippen molar-refractivity contribution in [1.29, 1.82) is 0 Å². The summed E-state index contributed by atoms with van der Waals surface area (Å²) in [5, 5.41) is 6.09. The van der Waals surface area contributed by atoms with E-state index in [-0.39, 0.29) is 0 Å². The molecule has 3 heterocycles. The summed E-state index contributed by atoms with van der Waals surface area (Å²) >= 11 is 1.55. The Kier molecular flexibility index (Phi) is 5.10. The van der Waals surface area contributed by atoms with Gasteiger partial charge in [-0.2, -0.15) is 12.7 Å². The predicted octanol–water partition coefficient (Wildman–Crippen LogP) is 1.67. The van der Waals surface area contributed by atoms with Gasteiger partial charge in [-0.25, -0.2) is 14.7 Å². The van der Waals surface area contributed by atoms with E-state index >= 15 is 0 Å². The molecule has 0 saturated carbocycles. The molecular formula is C14H21N5O2S2. The van der Waals surface area contributed by atoms with E-state index in [1.54, 1.807) is 15.6 Å². The van der Waals surface area contributed by atoms with Crippen molar-refractivity contribution in [2.24, 2.45) is 5.92 Å². The minimum atomic E-state index is -3.39. The highest BCUT2D eigenvalue weighted by Gasteiger charge is 2.26. The molecule has 126 valence electrons. The number of thiophene rings is 1. The van der Waals surface area contributed by atoms with E-state index in [0.29, 0.717) is 32.1 Å². The molecule has 7 nitrogen and oxygen atoms in total. The van der Waals surface area contributed by atoms with Crippen LogP contribution in [0.2, 0.25) is 0 Å². The summed E-state index contributed by atoms with van der Waals surface area (Å²) in [6.07, 6.45) is 3.54. The van der Waals surface area contributed by atoms with Crippen LogP contribution in [0.3, 0.4) is 0 Å². The quantitative estimate of drug-likeness (QED) is 0.770. The number of hydrogen-bond acceptors (Lipinski definition) is 6. The van der Waals surface area contributed by atoms with Crippen LogP contribution in [0, 0.1) is 5.92 Å². The maximum atomic E-state index is 12.3. The van der Waals surface area contributed by atoms with Crippen molar-refractivity contribution < 1.29 is 8.42 Å². The number of rotatable bonds is 6. The number of aromatic nitrogens is 2. The van der Waals surface area contributed by atoms with E-state index in [9.17, 15) is 8.42 Å². The van der Waals surface area contributed by atoms with Crippen molar-refractivity contribution >= 4 is 37.6 Å². The van der Waals surface area contributed by atoms with Gasteiger partial charge < -0.3 is 5.32 Å². The second-order valence-electron chi connectivity index (χ2n) is 5.79. The molecule has 1 aliphatic heterocycles. The van der Waals surface area contributed by atoms with Crippen LogP contribution in [-0.4, -0.2) is 48.9 Å². The molecular weight excluding hydrogens is 334 g/mol. The predicted molar refractivity (Wildman–Crippen MR) is 92.8 cm³/mol. The van der Waals surface area contributed by atoms with Crippen LogP contribution in [0.1, 0.15) is 19.8 Å². The Labute approximate surface area is 140 Å². The Hall–Kier alpha value is -1.29. The SMILES string of the molecule is C[C@@H]1CCCN(S(=O)(=O)NCCNc2ncnc3sccc23)C1. The van der Waals surface area contributed by atoms with Gasteiger partial charge in [-0.15, -0.1) is 11.3 Å². The molecule has 1 atom stereocenters. The summed E-state index contributed by atoms with van der Waals surface area (Å²) in [4.78, 5) is 9.32. The second kappa shape index (κ2) is 7.08. The molecule has 0 aliphatic carbocycles. The van der Waals surface area contributed by atoms with Gasteiger partial charge >= 0.3 is 0 Å². The first-order valence-corrected chi connectivity index (χ1v) is 10.0. The van der Waals surface area contributed by atoms with Crippen LogP contribution >= 0.6 is 11.3 Å². The smallest absolute Gasteiger partial charge is 0.279 e. The number of fused-ring (bicyclic) bond motifs is 1. The third-order valence-electron chi connectivity index (χ3n) is 3.92. The molecule has 0 spiro atoms. The standard InChI is InChI=1S/C14H21N5O2S2/c1-11-3-2-7-19(9-11)23(20,21)18-6-5-15-13-12-4-8-22-14(12)17-10-16-13/h4,8,10-11,18H,2-3,5-7,9H2,1H3,(H,15,16,17)/t11-/m1/s1. The lowest BCUT2D eigenvalue weighted by Crippen LogP contribution is -2.46. The monoisotopic (exact) mass is 355 g/mol. The van der Waals surface area contributed by atoms with Gasteiger partial charge in [0.2, 0.25) is 0 Å². The zero-order chi connectivity index (χ0) is 16.3. The van der Waals surface area contributed by atoms with E-state index < -0.39 is 10.2 Å². The van der Waals surface area contributed by atoms with Gasteiger partial charge in [0.25, 0.3) is 10.2 Å². The topological polar surface area (TPSA) is 87.2 Å². The molecule has 3 rings (SSSR count). The van der Waals surface area contributed by atoms with Gasteiger partial charge in [-0.05, 0) is 30.2 Å². The number of hydrogen-bond donors (Lipinski definition) is 2. The zero-order valence-corrected chi connectivity index (χ0v) is 14.7. The Morgan fingerprint density at radius 3 is 3.09 bits per heavy atom. The number of nitrogens with one attached hydrogen (secondary N) is 2. The molecule has 23 heavy (non-hydrogen) atoms. The molecule has 1 saturated heterocycles. The fraction of sp³-hybridized carbons (Fsp3) is 0.571. The molecule has 1 aliphatic rings. The largest absolute Gasteiger partial charge is 0.368 e. The summed E-state index contributed by atoms with van der Waals surface area (Å²) in [6, 6.07) is 1.96. The average Bonchev–Trinajstić information content (AvgIpc) is 3.01. The fourth-order valence-electron chi connectivity index (χ4n) is 2.75. The molecule has 0 aromatic carbocycles. The van der Waals surface area contributed by atoms with E-state index in [0.717, 1.165) is 28.9 Å². The average molecular weight is 355 g/mol. The first-order chi connectivity index (χ1) is 11.1. The second-order valence-corrected chi connectivity index (χ2v) is 8.44. The van der Waals surface area contributed by atoms with Crippen LogP contribution in [0.15, 0.2) is 17.8 Å². The highest BCUT2D eigenvalue weighted by atomic mass is 32.2. The number of piperidine rings is 1.